The first-order valence-corrected chi connectivity index (χ1v) is 5.13. The third kappa shape index (κ3) is 2.32. The summed E-state index contributed by atoms with van der Waals surface area (Å²) in [6.45, 7) is 0.238. The first-order valence-electron chi connectivity index (χ1n) is 5.13. The van der Waals surface area contributed by atoms with Crippen LogP contribution in [0.5, 0.6) is 0 Å². The first kappa shape index (κ1) is 10.9. The molecule has 3 heteroatoms. The van der Waals surface area contributed by atoms with E-state index in [4.69, 9.17) is 9.15 Å². The Morgan fingerprint density at radius 1 is 1.19 bits per heavy atom. The summed E-state index contributed by atoms with van der Waals surface area (Å²) in [6.07, 6.45) is -0.706. The minimum absolute atomic E-state index is 0.238. The van der Waals surface area contributed by atoms with Crippen molar-refractivity contribution >= 4 is 0 Å². The maximum atomic E-state index is 9.66. The Kier molecular flexibility index (Phi) is 3.39. The molecule has 1 N–H and O–H groups in total. The van der Waals surface area contributed by atoms with E-state index >= 15 is 0 Å². The molecule has 1 aromatic heterocycles. The molecule has 84 valence electrons. The number of benzene rings is 1. The molecule has 0 radical (unpaired) electrons. The van der Waals surface area contributed by atoms with Crippen LogP contribution in [0.4, 0.5) is 0 Å². The summed E-state index contributed by atoms with van der Waals surface area (Å²) in [7, 11) is 1.55. The van der Waals surface area contributed by atoms with Gasteiger partial charge in [0.1, 0.15) is 17.6 Å². The predicted molar refractivity (Wildman–Crippen MR) is 61.0 cm³/mol. The van der Waals surface area contributed by atoms with Crippen LogP contribution in [0.2, 0.25) is 0 Å². The summed E-state index contributed by atoms with van der Waals surface area (Å²) in [5.41, 5.74) is 0.998. The molecule has 0 saturated carbocycles. The third-order valence-electron chi connectivity index (χ3n) is 2.34. The zero-order chi connectivity index (χ0) is 11.4. The highest BCUT2D eigenvalue weighted by molar-refractivity contribution is 5.57. The lowest BCUT2D eigenvalue weighted by Crippen LogP contribution is -2.03. The van der Waals surface area contributed by atoms with E-state index in [0.29, 0.717) is 5.76 Å². The van der Waals surface area contributed by atoms with E-state index in [2.05, 4.69) is 0 Å². The van der Waals surface area contributed by atoms with E-state index < -0.39 is 6.10 Å². The van der Waals surface area contributed by atoms with Gasteiger partial charge in [-0.2, -0.15) is 0 Å². The van der Waals surface area contributed by atoms with Gasteiger partial charge in [-0.15, -0.1) is 0 Å². The van der Waals surface area contributed by atoms with Crippen LogP contribution in [-0.2, 0) is 4.74 Å². The number of hydrogen-bond acceptors (Lipinski definition) is 3. The van der Waals surface area contributed by atoms with Gasteiger partial charge in [-0.1, -0.05) is 30.3 Å². The number of furan rings is 1. The lowest BCUT2D eigenvalue weighted by Gasteiger charge is -2.05. The summed E-state index contributed by atoms with van der Waals surface area (Å²) in [4.78, 5) is 0. The van der Waals surface area contributed by atoms with Crippen LogP contribution in [0.1, 0.15) is 11.9 Å². The topological polar surface area (TPSA) is 42.6 Å². The van der Waals surface area contributed by atoms with Gasteiger partial charge >= 0.3 is 0 Å². The van der Waals surface area contributed by atoms with E-state index in [1.807, 2.05) is 36.4 Å². The largest absolute Gasteiger partial charge is 0.458 e. The van der Waals surface area contributed by atoms with Gasteiger partial charge in [0.15, 0.2) is 0 Å². The molecule has 0 aliphatic heterocycles. The van der Waals surface area contributed by atoms with Gasteiger partial charge in [-0.25, -0.2) is 0 Å². The zero-order valence-electron chi connectivity index (χ0n) is 9.09. The van der Waals surface area contributed by atoms with Crippen LogP contribution in [0, 0.1) is 0 Å². The van der Waals surface area contributed by atoms with Crippen molar-refractivity contribution in [3.63, 3.8) is 0 Å². The molecule has 2 aromatic rings. The maximum Gasteiger partial charge on any atom is 0.135 e. The summed E-state index contributed by atoms with van der Waals surface area (Å²) >= 11 is 0. The van der Waals surface area contributed by atoms with E-state index in [0.717, 1.165) is 11.3 Å². The van der Waals surface area contributed by atoms with Crippen molar-refractivity contribution in [1.82, 2.24) is 0 Å². The molecule has 0 amide bonds. The normalized spacial score (nSPS) is 12.6. The zero-order valence-corrected chi connectivity index (χ0v) is 9.09. The SMILES string of the molecule is COC[C@@H](O)c1ccc(-c2ccccc2)o1. The highest BCUT2D eigenvalue weighted by atomic mass is 16.5. The van der Waals surface area contributed by atoms with Gasteiger partial charge < -0.3 is 14.3 Å². The number of aliphatic hydroxyl groups is 1. The Bertz CT molecular complexity index is 433. The average Bonchev–Trinajstić information content (AvgIpc) is 2.80. The molecule has 0 fully saturated rings. The van der Waals surface area contributed by atoms with Crippen molar-refractivity contribution in [3.05, 3.63) is 48.2 Å². The number of ether oxygens (including phenoxy) is 1. The molecule has 0 bridgehead atoms. The number of aliphatic hydroxyl groups excluding tert-OH is 1. The minimum Gasteiger partial charge on any atom is -0.458 e. The Labute approximate surface area is 94.3 Å². The molecule has 0 aliphatic rings. The fourth-order valence-corrected chi connectivity index (χ4v) is 1.53. The van der Waals surface area contributed by atoms with Crippen LogP contribution >= 0.6 is 0 Å². The van der Waals surface area contributed by atoms with Crippen LogP contribution in [0.25, 0.3) is 11.3 Å². The molecule has 0 aliphatic carbocycles. The fourth-order valence-electron chi connectivity index (χ4n) is 1.53. The highest BCUT2D eigenvalue weighted by Gasteiger charge is 2.12. The molecule has 1 heterocycles. The smallest absolute Gasteiger partial charge is 0.135 e. The van der Waals surface area contributed by atoms with Gasteiger partial charge in [-0.3, -0.25) is 0 Å². The molecule has 0 saturated heterocycles. The third-order valence-corrected chi connectivity index (χ3v) is 2.34. The van der Waals surface area contributed by atoms with E-state index in [-0.39, 0.29) is 6.61 Å². The second-order valence-electron chi connectivity index (χ2n) is 3.54. The van der Waals surface area contributed by atoms with E-state index in [1.165, 1.54) is 0 Å². The monoisotopic (exact) mass is 218 g/mol. The van der Waals surface area contributed by atoms with Crippen LogP contribution in [0.15, 0.2) is 46.9 Å². The Balaban J connectivity index is 2.20. The van der Waals surface area contributed by atoms with Crippen molar-refractivity contribution in [2.24, 2.45) is 0 Å². The number of rotatable bonds is 4. The van der Waals surface area contributed by atoms with Gasteiger partial charge in [-0.05, 0) is 12.1 Å². The molecule has 0 unspecified atom stereocenters. The quantitative estimate of drug-likeness (QED) is 0.857. The second kappa shape index (κ2) is 4.96. The first-order chi connectivity index (χ1) is 7.81. The average molecular weight is 218 g/mol. The van der Waals surface area contributed by atoms with Crippen LogP contribution in [-0.4, -0.2) is 18.8 Å². The van der Waals surface area contributed by atoms with Crippen molar-refractivity contribution < 1.29 is 14.3 Å². The van der Waals surface area contributed by atoms with E-state index in [9.17, 15) is 5.11 Å². The van der Waals surface area contributed by atoms with Gasteiger partial charge in [0, 0.05) is 12.7 Å². The number of methoxy groups -OCH3 is 1. The second-order valence-corrected chi connectivity index (χ2v) is 3.54. The van der Waals surface area contributed by atoms with Crippen molar-refractivity contribution in [3.8, 4) is 11.3 Å². The molecule has 3 nitrogen and oxygen atoms in total. The number of hydrogen-bond donors (Lipinski definition) is 1. The molecule has 1 atom stereocenters. The Hall–Kier alpha value is -1.58. The van der Waals surface area contributed by atoms with Crippen molar-refractivity contribution in [2.45, 2.75) is 6.10 Å². The summed E-state index contributed by atoms with van der Waals surface area (Å²) in [6, 6.07) is 13.4. The molecular weight excluding hydrogens is 204 g/mol. The maximum absolute atomic E-state index is 9.66. The summed E-state index contributed by atoms with van der Waals surface area (Å²) < 4.78 is 10.4. The molecule has 0 spiro atoms. The minimum atomic E-state index is -0.706. The van der Waals surface area contributed by atoms with E-state index in [1.54, 1.807) is 13.2 Å². The highest BCUT2D eigenvalue weighted by Crippen LogP contribution is 2.25. The van der Waals surface area contributed by atoms with Crippen molar-refractivity contribution in [2.75, 3.05) is 13.7 Å². The van der Waals surface area contributed by atoms with Gasteiger partial charge in [0.25, 0.3) is 0 Å². The standard InChI is InChI=1S/C13H14O3/c1-15-9-11(14)13-8-7-12(16-13)10-5-3-2-4-6-10/h2-8,11,14H,9H2,1H3/t11-/m1/s1. The lowest BCUT2D eigenvalue weighted by atomic mass is 10.2. The molecular formula is C13H14O3. The summed E-state index contributed by atoms with van der Waals surface area (Å²) in [5.74, 6) is 1.28. The van der Waals surface area contributed by atoms with Gasteiger partial charge in [0.05, 0.1) is 6.61 Å². The fraction of sp³-hybridized carbons (Fsp3) is 0.231. The molecule has 2 rings (SSSR count). The Morgan fingerprint density at radius 3 is 2.62 bits per heavy atom. The lowest BCUT2D eigenvalue weighted by molar-refractivity contribution is 0.0507. The Morgan fingerprint density at radius 2 is 1.94 bits per heavy atom. The molecule has 1 aromatic carbocycles. The molecule has 16 heavy (non-hydrogen) atoms. The predicted octanol–water partition coefficient (Wildman–Crippen LogP) is 2.63. The van der Waals surface area contributed by atoms with Crippen LogP contribution in [0.3, 0.4) is 0 Å². The van der Waals surface area contributed by atoms with Crippen molar-refractivity contribution in [1.29, 1.82) is 0 Å². The van der Waals surface area contributed by atoms with Gasteiger partial charge in [0.2, 0.25) is 0 Å². The summed E-state index contributed by atoms with van der Waals surface area (Å²) in [5, 5.41) is 9.66. The van der Waals surface area contributed by atoms with Crippen LogP contribution < -0.4 is 0 Å².